The lowest BCUT2D eigenvalue weighted by molar-refractivity contribution is 0.112. The third-order valence-corrected chi connectivity index (χ3v) is 7.11. The van der Waals surface area contributed by atoms with Crippen LogP contribution in [-0.2, 0) is 0 Å². The van der Waals surface area contributed by atoms with Crippen LogP contribution in [0.3, 0.4) is 0 Å². The number of rotatable bonds is 14. The summed E-state index contributed by atoms with van der Waals surface area (Å²) in [4.78, 5) is 13.4. The van der Waals surface area contributed by atoms with Crippen LogP contribution in [-0.4, -0.2) is 12.8 Å². The van der Waals surface area contributed by atoms with Gasteiger partial charge in [-0.3, -0.25) is 4.79 Å². The van der Waals surface area contributed by atoms with Crippen molar-refractivity contribution in [1.29, 1.82) is 0 Å². The van der Waals surface area contributed by atoms with Crippen LogP contribution < -0.4 is 9.64 Å². The smallest absolute Gasteiger partial charge is 0.151 e. The summed E-state index contributed by atoms with van der Waals surface area (Å²) in [6.07, 6.45) is 14.2. The second-order valence-electron chi connectivity index (χ2n) is 9.80. The van der Waals surface area contributed by atoms with Crippen LogP contribution >= 0.6 is 0 Å². The number of nitrogens with zero attached hydrogens (tertiary/aromatic N) is 1. The van der Waals surface area contributed by atoms with Crippen molar-refractivity contribution in [2.45, 2.75) is 71.1 Å². The summed E-state index contributed by atoms with van der Waals surface area (Å²) < 4.78 is 6.34. The fraction of sp³-hybridized carbons (Fsp3) is 0.364. The highest BCUT2D eigenvalue weighted by molar-refractivity contribution is 5.85. The molecular weight excluding hydrogens is 442 g/mol. The number of fused-ring (bicyclic) bond motifs is 2. The van der Waals surface area contributed by atoms with Gasteiger partial charge in [0.1, 0.15) is 6.29 Å². The Kier molecular flexibility index (Phi) is 9.38. The van der Waals surface area contributed by atoms with Crippen LogP contribution in [0.5, 0.6) is 11.5 Å². The molecular formula is C33H39NO2. The first-order chi connectivity index (χ1) is 17.7. The van der Waals surface area contributed by atoms with E-state index >= 15 is 0 Å². The minimum atomic E-state index is 0.666. The number of benzene rings is 3. The standard InChI is InChI=1S/C33H39NO2/c1-3-4-5-6-7-8-9-10-11-14-23-34-30-15-12-13-16-32(30)36-33-24-29(21-22-31(33)34)26(2)28-19-17-27(25-35)18-20-28/h12-13,15-22,24-25H,2-11,14,23H2,1H3. The van der Waals surface area contributed by atoms with Gasteiger partial charge in [0, 0.05) is 12.1 Å². The number of hydrogen-bond acceptors (Lipinski definition) is 3. The zero-order valence-electron chi connectivity index (χ0n) is 21.7. The van der Waals surface area contributed by atoms with Gasteiger partial charge in [-0.1, -0.05) is 114 Å². The van der Waals surface area contributed by atoms with Gasteiger partial charge < -0.3 is 9.64 Å². The van der Waals surface area contributed by atoms with E-state index in [1.807, 2.05) is 36.4 Å². The third-order valence-electron chi connectivity index (χ3n) is 7.11. The molecule has 0 amide bonds. The van der Waals surface area contributed by atoms with E-state index in [1.54, 1.807) is 0 Å². The molecule has 1 aliphatic heterocycles. The van der Waals surface area contributed by atoms with Gasteiger partial charge in [0.05, 0.1) is 11.4 Å². The van der Waals surface area contributed by atoms with Crippen molar-refractivity contribution in [2.24, 2.45) is 0 Å². The first-order valence-corrected chi connectivity index (χ1v) is 13.6. The van der Waals surface area contributed by atoms with Crippen molar-refractivity contribution in [3.8, 4) is 11.5 Å². The number of carbonyl (C=O) groups excluding carboxylic acids is 1. The molecule has 0 radical (unpaired) electrons. The van der Waals surface area contributed by atoms with Crippen molar-refractivity contribution >= 4 is 23.2 Å². The summed E-state index contributed by atoms with van der Waals surface area (Å²) in [6.45, 7) is 7.57. The summed E-state index contributed by atoms with van der Waals surface area (Å²) in [7, 11) is 0. The predicted molar refractivity (Wildman–Crippen MR) is 152 cm³/mol. The summed E-state index contributed by atoms with van der Waals surface area (Å²) in [5.74, 6) is 1.76. The second kappa shape index (κ2) is 13.1. The Balaban J connectivity index is 1.39. The molecule has 3 heteroatoms. The van der Waals surface area contributed by atoms with Crippen LogP contribution in [0.15, 0.2) is 73.3 Å². The minimum absolute atomic E-state index is 0.666. The lowest BCUT2D eigenvalue weighted by atomic mass is 9.97. The SMILES string of the molecule is C=C(c1ccc(C=O)cc1)c1ccc2c(c1)Oc1ccccc1N2CCCCCCCCCCCC. The summed E-state index contributed by atoms with van der Waals surface area (Å²) in [5.41, 5.74) is 5.85. The molecule has 0 N–H and O–H groups in total. The van der Waals surface area contributed by atoms with Crippen LogP contribution in [0.4, 0.5) is 11.4 Å². The summed E-state index contributed by atoms with van der Waals surface area (Å²) in [6, 6.07) is 22.2. The Bertz CT molecular complexity index is 1150. The van der Waals surface area contributed by atoms with Gasteiger partial charge in [-0.25, -0.2) is 0 Å². The maximum Gasteiger partial charge on any atom is 0.151 e. The zero-order chi connectivity index (χ0) is 25.2. The van der Waals surface area contributed by atoms with E-state index in [-0.39, 0.29) is 0 Å². The van der Waals surface area contributed by atoms with Crippen LogP contribution in [0.1, 0.15) is 92.6 Å². The highest BCUT2D eigenvalue weighted by Gasteiger charge is 2.24. The van der Waals surface area contributed by atoms with Gasteiger partial charge in [0.25, 0.3) is 0 Å². The average Bonchev–Trinajstić information content (AvgIpc) is 2.92. The van der Waals surface area contributed by atoms with Crippen molar-refractivity contribution in [3.63, 3.8) is 0 Å². The van der Waals surface area contributed by atoms with Gasteiger partial charge in [0.2, 0.25) is 0 Å². The third kappa shape index (κ3) is 6.46. The fourth-order valence-corrected chi connectivity index (χ4v) is 4.95. The Hall–Kier alpha value is -3.33. The molecule has 3 aromatic rings. The van der Waals surface area contributed by atoms with Crippen LogP contribution in [0.25, 0.3) is 5.57 Å². The largest absolute Gasteiger partial charge is 0.453 e. The maximum atomic E-state index is 11.0. The molecule has 0 atom stereocenters. The van der Waals surface area contributed by atoms with Gasteiger partial charge in [-0.2, -0.15) is 0 Å². The normalized spacial score (nSPS) is 12.0. The van der Waals surface area contributed by atoms with E-state index in [2.05, 4.69) is 48.7 Å². The van der Waals surface area contributed by atoms with Crippen LogP contribution in [0, 0.1) is 0 Å². The molecule has 1 heterocycles. The second-order valence-corrected chi connectivity index (χ2v) is 9.80. The number of carbonyl (C=O) groups is 1. The molecule has 0 bridgehead atoms. The highest BCUT2D eigenvalue weighted by atomic mass is 16.5. The van der Waals surface area contributed by atoms with E-state index in [0.717, 1.165) is 52.4 Å². The Morgan fingerprint density at radius 3 is 2.06 bits per heavy atom. The van der Waals surface area contributed by atoms with E-state index < -0.39 is 0 Å². The molecule has 3 aromatic carbocycles. The fourth-order valence-electron chi connectivity index (χ4n) is 4.95. The molecule has 3 nitrogen and oxygen atoms in total. The van der Waals surface area contributed by atoms with E-state index in [1.165, 1.54) is 64.2 Å². The number of aldehydes is 1. The number of para-hydroxylation sites is 2. The maximum absolute atomic E-state index is 11.0. The Morgan fingerprint density at radius 2 is 1.36 bits per heavy atom. The summed E-state index contributed by atoms with van der Waals surface area (Å²) in [5, 5.41) is 0. The molecule has 4 rings (SSSR count). The van der Waals surface area contributed by atoms with Crippen molar-refractivity contribution in [1.82, 2.24) is 0 Å². The van der Waals surface area contributed by atoms with Crippen molar-refractivity contribution in [3.05, 3.63) is 90.0 Å². The first kappa shape index (κ1) is 25.8. The van der Waals surface area contributed by atoms with Crippen molar-refractivity contribution < 1.29 is 9.53 Å². The lowest BCUT2D eigenvalue weighted by Gasteiger charge is -2.33. The predicted octanol–water partition coefficient (Wildman–Crippen LogP) is 9.73. The molecule has 0 saturated heterocycles. The van der Waals surface area contributed by atoms with Gasteiger partial charge in [-0.05, 0) is 47.4 Å². The topological polar surface area (TPSA) is 29.5 Å². The van der Waals surface area contributed by atoms with E-state index in [9.17, 15) is 4.79 Å². The van der Waals surface area contributed by atoms with Gasteiger partial charge >= 0.3 is 0 Å². The molecule has 0 aromatic heterocycles. The Labute approximate surface area is 216 Å². The van der Waals surface area contributed by atoms with Crippen molar-refractivity contribution in [2.75, 3.05) is 11.4 Å². The molecule has 1 aliphatic rings. The number of unbranched alkanes of at least 4 members (excludes halogenated alkanes) is 9. The highest BCUT2D eigenvalue weighted by Crippen LogP contribution is 2.47. The van der Waals surface area contributed by atoms with Gasteiger partial charge in [-0.15, -0.1) is 0 Å². The quantitative estimate of drug-likeness (QED) is 0.169. The van der Waals surface area contributed by atoms with E-state index in [0.29, 0.717) is 5.56 Å². The molecule has 36 heavy (non-hydrogen) atoms. The molecule has 0 aliphatic carbocycles. The van der Waals surface area contributed by atoms with E-state index in [4.69, 9.17) is 4.74 Å². The lowest BCUT2D eigenvalue weighted by Crippen LogP contribution is -2.22. The molecule has 0 saturated carbocycles. The Morgan fingerprint density at radius 1 is 0.750 bits per heavy atom. The van der Waals surface area contributed by atoms with Gasteiger partial charge in [0.15, 0.2) is 11.5 Å². The van der Waals surface area contributed by atoms with Crippen LogP contribution in [0.2, 0.25) is 0 Å². The molecule has 0 fully saturated rings. The molecule has 0 unspecified atom stereocenters. The molecule has 188 valence electrons. The summed E-state index contributed by atoms with van der Waals surface area (Å²) >= 11 is 0. The molecule has 0 spiro atoms. The average molecular weight is 482 g/mol. The number of ether oxygens (including phenoxy) is 1. The first-order valence-electron chi connectivity index (χ1n) is 13.6. The monoisotopic (exact) mass is 481 g/mol. The number of anilines is 2. The minimum Gasteiger partial charge on any atom is -0.453 e. The number of hydrogen-bond donors (Lipinski definition) is 0. The zero-order valence-corrected chi connectivity index (χ0v) is 21.7.